The molecule has 0 amide bonds. The maximum atomic E-state index is 12.4. The maximum Gasteiger partial charge on any atom is 0.325 e. The van der Waals surface area contributed by atoms with Gasteiger partial charge in [0.25, 0.3) is 0 Å². The van der Waals surface area contributed by atoms with E-state index in [9.17, 15) is 14.7 Å². The van der Waals surface area contributed by atoms with Gasteiger partial charge in [0, 0.05) is 12.1 Å². The Bertz CT molecular complexity index is 545. The zero-order chi connectivity index (χ0) is 15.7. The van der Waals surface area contributed by atoms with Crippen molar-refractivity contribution < 1.29 is 19.4 Å². The number of nitrogens with zero attached hydrogens (tertiary/aromatic N) is 1. The first-order valence-corrected chi connectivity index (χ1v) is 7.76. The molecule has 2 heterocycles. The van der Waals surface area contributed by atoms with E-state index in [1.807, 2.05) is 0 Å². The molecule has 2 fully saturated rings. The van der Waals surface area contributed by atoms with Gasteiger partial charge in [0.1, 0.15) is 6.10 Å². The van der Waals surface area contributed by atoms with Gasteiger partial charge in [0.15, 0.2) is 5.92 Å². The Labute approximate surface area is 129 Å². The van der Waals surface area contributed by atoms with E-state index in [0.717, 1.165) is 25.7 Å². The number of aliphatic carboxylic acids is 1. The molecule has 0 radical (unpaired) electrons. The van der Waals surface area contributed by atoms with E-state index in [2.05, 4.69) is 11.9 Å². The largest absolute Gasteiger partial charge is 0.480 e. The number of hydrogen-bond acceptors (Lipinski definition) is 4. The first-order valence-electron chi connectivity index (χ1n) is 7.76. The van der Waals surface area contributed by atoms with Crippen LogP contribution in [0.5, 0.6) is 0 Å². The average molecular weight is 303 g/mol. The van der Waals surface area contributed by atoms with Gasteiger partial charge in [-0.25, -0.2) is 0 Å². The van der Waals surface area contributed by atoms with Crippen LogP contribution >= 0.6 is 0 Å². The summed E-state index contributed by atoms with van der Waals surface area (Å²) in [7, 11) is 2.12. The Morgan fingerprint density at radius 3 is 2.32 bits per heavy atom. The average Bonchev–Trinajstić information content (AvgIpc) is 2.71. The highest BCUT2D eigenvalue weighted by atomic mass is 16.5. The standard InChI is InChI=1S/C17H21NO4/c1-18-12-7-8-13(18)10-14(9-12)22-17(21)15(16(19)20)11-5-3-2-4-6-11/h2-6,12-15H,7-10H2,1H3,(H,19,20). The zero-order valence-corrected chi connectivity index (χ0v) is 12.6. The lowest BCUT2D eigenvalue weighted by Gasteiger charge is -2.36. The predicted octanol–water partition coefficient (Wildman–Crippen LogP) is 2.02. The molecule has 5 nitrogen and oxygen atoms in total. The monoisotopic (exact) mass is 303 g/mol. The molecular weight excluding hydrogens is 282 g/mol. The highest BCUT2D eigenvalue weighted by Crippen LogP contribution is 2.36. The Kier molecular flexibility index (Phi) is 4.16. The van der Waals surface area contributed by atoms with Crippen molar-refractivity contribution >= 4 is 11.9 Å². The molecule has 1 aromatic rings. The van der Waals surface area contributed by atoms with Gasteiger partial charge in [-0.1, -0.05) is 30.3 Å². The summed E-state index contributed by atoms with van der Waals surface area (Å²) >= 11 is 0. The number of carbonyl (C=O) groups is 2. The third-order valence-corrected chi connectivity index (χ3v) is 4.95. The molecule has 3 atom stereocenters. The molecule has 2 saturated heterocycles. The second-order valence-corrected chi connectivity index (χ2v) is 6.26. The summed E-state index contributed by atoms with van der Waals surface area (Å²) in [6.07, 6.45) is 3.72. The molecule has 118 valence electrons. The lowest BCUT2D eigenvalue weighted by molar-refractivity contribution is -0.160. The van der Waals surface area contributed by atoms with E-state index in [-0.39, 0.29) is 6.10 Å². The fourth-order valence-corrected chi connectivity index (χ4v) is 3.72. The number of ether oxygens (including phenoxy) is 1. The molecule has 2 aliphatic heterocycles. The van der Waals surface area contributed by atoms with Crippen LogP contribution in [0.4, 0.5) is 0 Å². The predicted molar refractivity (Wildman–Crippen MR) is 80.5 cm³/mol. The van der Waals surface area contributed by atoms with Gasteiger partial charge in [-0.15, -0.1) is 0 Å². The lowest BCUT2D eigenvalue weighted by atomic mass is 9.98. The summed E-state index contributed by atoms with van der Waals surface area (Å²) in [4.78, 5) is 26.2. The number of carboxylic acids is 1. The Morgan fingerprint density at radius 1 is 1.18 bits per heavy atom. The number of benzene rings is 1. The molecule has 0 aliphatic carbocycles. The summed E-state index contributed by atoms with van der Waals surface area (Å²) in [5.41, 5.74) is 0.468. The van der Waals surface area contributed by atoms with E-state index in [1.54, 1.807) is 30.3 Å². The topological polar surface area (TPSA) is 66.8 Å². The van der Waals surface area contributed by atoms with Crippen molar-refractivity contribution in [2.24, 2.45) is 0 Å². The molecule has 0 aromatic heterocycles. The fourth-order valence-electron chi connectivity index (χ4n) is 3.72. The number of carboxylic acid groups (broad SMARTS) is 1. The van der Waals surface area contributed by atoms with Crippen molar-refractivity contribution in [3.05, 3.63) is 35.9 Å². The van der Waals surface area contributed by atoms with E-state index in [1.165, 1.54) is 0 Å². The molecular formula is C17H21NO4. The van der Waals surface area contributed by atoms with Gasteiger partial charge >= 0.3 is 11.9 Å². The molecule has 22 heavy (non-hydrogen) atoms. The van der Waals surface area contributed by atoms with E-state index >= 15 is 0 Å². The second-order valence-electron chi connectivity index (χ2n) is 6.26. The van der Waals surface area contributed by atoms with Crippen LogP contribution < -0.4 is 0 Å². The van der Waals surface area contributed by atoms with Crippen LogP contribution in [0, 0.1) is 0 Å². The second kappa shape index (κ2) is 6.08. The lowest BCUT2D eigenvalue weighted by Crippen LogP contribution is -2.44. The van der Waals surface area contributed by atoms with E-state index < -0.39 is 17.9 Å². The van der Waals surface area contributed by atoms with Crippen molar-refractivity contribution in [2.45, 2.75) is 49.8 Å². The highest BCUT2D eigenvalue weighted by molar-refractivity contribution is 6.00. The normalized spacial score (nSPS) is 29.0. The quantitative estimate of drug-likeness (QED) is 0.681. The molecule has 1 N–H and O–H groups in total. The van der Waals surface area contributed by atoms with E-state index in [0.29, 0.717) is 17.6 Å². The van der Waals surface area contributed by atoms with Gasteiger partial charge in [-0.2, -0.15) is 0 Å². The molecule has 2 aliphatic rings. The summed E-state index contributed by atoms with van der Waals surface area (Å²) in [5, 5.41) is 9.38. The van der Waals surface area contributed by atoms with Gasteiger partial charge in [0.2, 0.25) is 0 Å². The molecule has 1 aromatic carbocycles. The summed E-state index contributed by atoms with van der Waals surface area (Å²) in [6, 6.07) is 9.47. The van der Waals surface area contributed by atoms with Crippen LogP contribution in [0.3, 0.4) is 0 Å². The number of rotatable bonds is 4. The highest BCUT2D eigenvalue weighted by Gasteiger charge is 2.41. The van der Waals surface area contributed by atoms with Crippen LogP contribution in [0.2, 0.25) is 0 Å². The van der Waals surface area contributed by atoms with E-state index in [4.69, 9.17) is 4.74 Å². The van der Waals surface area contributed by atoms with Crippen LogP contribution in [0.25, 0.3) is 0 Å². The van der Waals surface area contributed by atoms with Crippen LogP contribution in [-0.2, 0) is 14.3 Å². The maximum absolute atomic E-state index is 12.4. The minimum Gasteiger partial charge on any atom is -0.480 e. The summed E-state index contributed by atoms with van der Waals surface area (Å²) in [6.45, 7) is 0. The van der Waals surface area contributed by atoms with Gasteiger partial charge in [-0.3, -0.25) is 9.59 Å². The van der Waals surface area contributed by atoms with Crippen molar-refractivity contribution in [3.8, 4) is 0 Å². The van der Waals surface area contributed by atoms with Crippen molar-refractivity contribution in [2.75, 3.05) is 7.05 Å². The summed E-state index contributed by atoms with van der Waals surface area (Å²) < 4.78 is 5.55. The Hall–Kier alpha value is -1.88. The van der Waals surface area contributed by atoms with Crippen LogP contribution in [0.1, 0.15) is 37.2 Å². The molecule has 2 bridgehead atoms. The zero-order valence-electron chi connectivity index (χ0n) is 12.6. The minimum atomic E-state index is -1.24. The number of piperidine rings is 1. The minimum absolute atomic E-state index is 0.160. The van der Waals surface area contributed by atoms with Gasteiger partial charge in [0.05, 0.1) is 0 Å². The number of fused-ring (bicyclic) bond motifs is 2. The SMILES string of the molecule is CN1C2CCC1CC(OC(=O)C(C(=O)O)c1ccccc1)C2. The summed E-state index contributed by atoms with van der Waals surface area (Å²) in [5.74, 6) is -3.04. The number of carbonyl (C=O) groups excluding carboxylic acids is 1. The number of esters is 1. The first kappa shape index (κ1) is 15.0. The fraction of sp³-hybridized carbons (Fsp3) is 0.529. The molecule has 3 unspecified atom stereocenters. The van der Waals surface area contributed by atoms with Crippen LogP contribution in [0.15, 0.2) is 30.3 Å². The number of hydrogen-bond donors (Lipinski definition) is 1. The molecule has 0 spiro atoms. The third-order valence-electron chi connectivity index (χ3n) is 4.95. The van der Waals surface area contributed by atoms with Crippen molar-refractivity contribution in [1.82, 2.24) is 4.90 Å². The third kappa shape index (κ3) is 2.86. The van der Waals surface area contributed by atoms with Crippen molar-refractivity contribution in [3.63, 3.8) is 0 Å². The van der Waals surface area contributed by atoms with Gasteiger partial charge < -0.3 is 14.7 Å². The molecule has 0 saturated carbocycles. The smallest absolute Gasteiger partial charge is 0.325 e. The Morgan fingerprint density at radius 2 is 1.77 bits per heavy atom. The van der Waals surface area contributed by atoms with Crippen molar-refractivity contribution in [1.29, 1.82) is 0 Å². The van der Waals surface area contributed by atoms with Gasteiger partial charge in [-0.05, 0) is 38.3 Å². The molecule has 3 rings (SSSR count). The first-order chi connectivity index (χ1) is 10.6. The van der Waals surface area contributed by atoms with Crippen LogP contribution in [-0.4, -0.2) is 47.2 Å². The Balaban J connectivity index is 1.69. The molecule has 5 heteroatoms.